The molecule has 3 rings (SSSR count). The quantitative estimate of drug-likeness (QED) is 0.396. The van der Waals surface area contributed by atoms with Gasteiger partial charge in [-0.05, 0) is 38.5 Å². The smallest absolute Gasteiger partial charge is 0.191 e. The van der Waals surface area contributed by atoms with Gasteiger partial charge in [-0.1, -0.05) is 42.5 Å². The predicted octanol–water partition coefficient (Wildman–Crippen LogP) is 3.69. The molecule has 2 N–H and O–H groups in total. The summed E-state index contributed by atoms with van der Waals surface area (Å²) in [6, 6.07) is 18.0. The van der Waals surface area contributed by atoms with E-state index in [9.17, 15) is 0 Å². The molecule has 1 atom stereocenters. The molecule has 0 aliphatic carbocycles. The molecule has 0 fully saturated rings. The number of rotatable bonds is 9. The third-order valence-corrected chi connectivity index (χ3v) is 5.32. The predicted molar refractivity (Wildman–Crippen MR) is 129 cm³/mol. The van der Waals surface area contributed by atoms with Crippen LogP contribution in [0.15, 0.2) is 59.6 Å². The number of aryl methyl sites for hydroxylation is 1. The number of para-hydroxylation sites is 2. The third-order valence-electron chi connectivity index (χ3n) is 5.32. The van der Waals surface area contributed by atoms with Gasteiger partial charge in [0.05, 0.1) is 25.9 Å². The van der Waals surface area contributed by atoms with Crippen LogP contribution < -0.4 is 20.1 Å². The molecule has 0 radical (unpaired) electrons. The van der Waals surface area contributed by atoms with Crippen LogP contribution in [0.25, 0.3) is 0 Å². The average molecular weight is 436 g/mol. The van der Waals surface area contributed by atoms with Crippen molar-refractivity contribution in [2.75, 3.05) is 20.7 Å². The highest BCUT2D eigenvalue weighted by Gasteiger charge is 2.13. The van der Waals surface area contributed by atoms with Crippen molar-refractivity contribution in [1.29, 1.82) is 0 Å². The number of benzene rings is 2. The van der Waals surface area contributed by atoms with E-state index in [1.54, 1.807) is 14.2 Å². The lowest BCUT2D eigenvalue weighted by atomic mass is 10.2. The van der Waals surface area contributed by atoms with E-state index in [1.165, 1.54) is 11.1 Å². The Labute approximate surface area is 190 Å². The van der Waals surface area contributed by atoms with Gasteiger partial charge in [0.2, 0.25) is 0 Å². The molecule has 7 heteroatoms. The summed E-state index contributed by atoms with van der Waals surface area (Å²) >= 11 is 0. The van der Waals surface area contributed by atoms with Gasteiger partial charge in [-0.2, -0.15) is 5.10 Å². The Morgan fingerprint density at radius 3 is 2.41 bits per heavy atom. The lowest BCUT2D eigenvalue weighted by Crippen LogP contribution is -2.41. The van der Waals surface area contributed by atoms with Gasteiger partial charge in [-0.3, -0.25) is 9.67 Å². The van der Waals surface area contributed by atoms with Gasteiger partial charge < -0.3 is 20.1 Å². The van der Waals surface area contributed by atoms with E-state index in [0.29, 0.717) is 13.1 Å². The van der Waals surface area contributed by atoms with Gasteiger partial charge >= 0.3 is 0 Å². The van der Waals surface area contributed by atoms with Crippen molar-refractivity contribution in [3.8, 4) is 11.5 Å². The van der Waals surface area contributed by atoms with Crippen LogP contribution in [0.1, 0.15) is 29.4 Å². The fourth-order valence-electron chi connectivity index (χ4n) is 3.51. The number of hydrogen-bond donors (Lipinski definition) is 2. The van der Waals surface area contributed by atoms with E-state index in [2.05, 4.69) is 51.5 Å². The second-order valence-corrected chi connectivity index (χ2v) is 7.68. The maximum atomic E-state index is 6.01. The molecule has 0 saturated carbocycles. The van der Waals surface area contributed by atoms with Crippen LogP contribution in [0.4, 0.5) is 0 Å². The Bertz CT molecular complexity index is 1030. The first-order valence-corrected chi connectivity index (χ1v) is 10.8. The summed E-state index contributed by atoms with van der Waals surface area (Å²) in [6.07, 6.45) is -0.0676. The van der Waals surface area contributed by atoms with E-state index in [0.717, 1.165) is 35.4 Å². The van der Waals surface area contributed by atoms with Crippen molar-refractivity contribution >= 4 is 5.96 Å². The molecular formula is C25H33N5O2. The Morgan fingerprint density at radius 1 is 1.03 bits per heavy atom. The first-order valence-electron chi connectivity index (χ1n) is 10.8. The van der Waals surface area contributed by atoms with Gasteiger partial charge in [-0.15, -0.1) is 0 Å². The first-order chi connectivity index (χ1) is 15.5. The number of hydrogen-bond acceptors (Lipinski definition) is 4. The van der Waals surface area contributed by atoms with E-state index < -0.39 is 0 Å². The summed E-state index contributed by atoms with van der Waals surface area (Å²) in [5.74, 6) is 2.17. The molecule has 0 spiro atoms. The largest absolute Gasteiger partial charge is 0.493 e. The molecule has 1 unspecified atom stereocenters. The molecule has 0 bridgehead atoms. The first kappa shape index (κ1) is 23.2. The standard InChI is InChI=1S/C25H33N5O2/c1-18(32-24-14-10-9-13-23(24)31-5)15-27-25(26-4)28-16-22-19(2)29-30(20(22)3)17-21-11-7-6-8-12-21/h6-14,18H,15-17H2,1-5H3,(H2,26,27,28). The van der Waals surface area contributed by atoms with Crippen molar-refractivity contribution in [3.63, 3.8) is 0 Å². The van der Waals surface area contributed by atoms with Crippen molar-refractivity contribution in [2.45, 2.75) is 40.0 Å². The van der Waals surface area contributed by atoms with Crippen molar-refractivity contribution in [2.24, 2.45) is 4.99 Å². The van der Waals surface area contributed by atoms with E-state index in [-0.39, 0.29) is 6.10 Å². The molecule has 0 saturated heterocycles. The van der Waals surface area contributed by atoms with E-state index in [1.807, 2.05) is 44.2 Å². The normalized spacial score (nSPS) is 12.3. The van der Waals surface area contributed by atoms with Gasteiger partial charge in [0.25, 0.3) is 0 Å². The molecule has 32 heavy (non-hydrogen) atoms. The number of methoxy groups -OCH3 is 1. The lowest BCUT2D eigenvalue weighted by Gasteiger charge is -2.19. The summed E-state index contributed by atoms with van der Waals surface area (Å²) in [5, 5.41) is 11.5. The number of aliphatic imine (C=N–C) groups is 1. The monoisotopic (exact) mass is 435 g/mol. The summed E-state index contributed by atoms with van der Waals surface area (Å²) in [4.78, 5) is 4.34. The van der Waals surface area contributed by atoms with Gasteiger partial charge in [0, 0.05) is 24.8 Å². The molecule has 0 aliphatic rings. The minimum absolute atomic E-state index is 0.0676. The molecule has 170 valence electrons. The van der Waals surface area contributed by atoms with Crippen LogP contribution >= 0.6 is 0 Å². The second-order valence-electron chi connectivity index (χ2n) is 7.68. The summed E-state index contributed by atoms with van der Waals surface area (Å²) < 4.78 is 13.4. The Balaban J connectivity index is 1.54. The van der Waals surface area contributed by atoms with Crippen LogP contribution in [-0.4, -0.2) is 42.5 Å². The Morgan fingerprint density at radius 2 is 1.72 bits per heavy atom. The van der Waals surface area contributed by atoms with Crippen LogP contribution in [0, 0.1) is 13.8 Å². The molecule has 7 nitrogen and oxygen atoms in total. The number of guanidine groups is 1. The highest BCUT2D eigenvalue weighted by molar-refractivity contribution is 5.79. The van der Waals surface area contributed by atoms with Crippen LogP contribution in [0.3, 0.4) is 0 Å². The van der Waals surface area contributed by atoms with E-state index in [4.69, 9.17) is 14.6 Å². The van der Waals surface area contributed by atoms with Crippen LogP contribution in [0.2, 0.25) is 0 Å². The number of ether oxygens (including phenoxy) is 2. The average Bonchev–Trinajstić information content (AvgIpc) is 3.07. The molecule has 0 amide bonds. The van der Waals surface area contributed by atoms with Crippen LogP contribution in [-0.2, 0) is 13.1 Å². The lowest BCUT2D eigenvalue weighted by molar-refractivity contribution is 0.213. The Kier molecular flexibility index (Phi) is 8.14. The minimum atomic E-state index is -0.0676. The van der Waals surface area contributed by atoms with Crippen molar-refractivity contribution in [3.05, 3.63) is 77.1 Å². The van der Waals surface area contributed by atoms with E-state index >= 15 is 0 Å². The highest BCUT2D eigenvalue weighted by atomic mass is 16.5. The van der Waals surface area contributed by atoms with Crippen molar-refractivity contribution < 1.29 is 9.47 Å². The highest BCUT2D eigenvalue weighted by Crippen LogP contribution is 2.26. The fraction of sp³-hybridized carbons (Fsp3) is 0.360. The zero-order valence-corrected chi connectivity index (χ0v) is 19.6. The summed E-state index contributed by atoms with van der Waals surface area (Å²) in [7, 11) is 3.41. The number of nitrogens with zero attached hydrogens (tertiary/aromatic N) is 3. The van der Waals surface area contributed by atoms with Crippen LogP contribution in [0.5, 0.6) is 11.5 Å². The zero-order valence-electron chi connectivity index (χ0n) is 19.6. The maximum Gasteiger partial charge on any atom is 0.191 e. The number of nitrogens with one attached hydrogen (secondary N) is 2. The fourth-order valence-corrected chi connectivity index (χ4v) is 3.51. The third kappa shape index (κ3) is 6.03. The molecular weight excluding hydrogens is 402 g/mol. The maximum absolute atomic E-state index is 6.01. The molecule has 2 aromatic carbocycles. The zero-order chi connectivity index (χ0) is 22.9. The SMILES string of the molecule is CN=C(NCc1c(C)nn(Cc2ccccc2)c1C)NCC(C)Oc1ccccc1OC. The minimum Gasteiger partial charge on any atom is -0.493 e. The second kappa shape index (κ2) is 11.2. The molecule has 3 aromatic rings. The molecule has 1 aromatic heterocycles. The topological polar surface area (TPSA) is 72.7 Å². The Hall–Kier alpha value is -3.48. The summed E-state index contributed by atoms with van der Waals surface area (Å²) in [6.45, 7) is 8.17. The van der Waals surface area contributed by atoms with Gasteiger partial charge in [-0.25, -0.2) is 0 Å². The molecule has 0 aliphatic heterocycles. The summed E-state index contributed by atoms with van der Waals surface area (Å²) in [5.41, 5.74) is 4.60. The number of aromatic nitrogens is 2. The van der Waals surface area contributed by atoms with Crippen molar-refractivity contribution in [1.82, 2.24) is 20.4 Å². The van der Waals surface area contributed by atoms with Gasteiger partial charge in [0.15, 0.2) is 17.5 Å². The van der Waals surface area contributed by atoms with Gasteiger partial charge in [0.1, 0.15) is 6.10 Å². The molecule has 1 heterocycles.